The van der Waals surface area contributed by atoms with E-state index in [0.29, 0.717) is 22.5 Å². The van der Waals surface area contributed by atoms with Gasteiger partial charge in [0, 0.05) is 17.3 Å². The van der Waals surface area contributed by atoms with E-state index in [1.54, 1.807) is 36.4 Å². The van der Waals surface area contributed by atoms with Crippen LogP contribution in [0.3, 0.4) is 0 Å². The second kappa shape index (κ2) is 7.35. The van der Waals surface area contributed by atoms with Crippen molar-refractivity contribution < 1.29 is 9.52 Å². The Morgan fingerprint density at radius 3 is 2.41 bits per heavy atom. The van der Waals surface area contributed by atoms with Crippen molar-refractivity contribution in [1.82, 2.24) is 15.2 Å². The molecule has 0 saturated carbocycles. The first kappa shape index (κ1) is 18.1. The zero-order valence-electron chi connectivity index (χ0n) is 15.0. The van der Waals surface area contributed by atoms with Crippen LogP contribution in [0.2, 0.25) is 0 Å². The Bertz CT molecular complexity index is 1420. The van der Waals surface area contributed by atoms with Gasteiger partial charge in [-0.05, 0) is 36.4 Å². The van der Waals surface area contributed by atoms with Gasteiger partial charge in [0.05, 0.1) is 10.8 Å². The Kier molecular flexibility index (Phi) is 4.58. The number of benzene rings is 3. The summed E-state index contributed by atoms with van der Waals surface area (Å²) in [4.78, 5) is 26.8. The molecule has 0 aliphatic carbocycles. The van der Waals surface area contributed by atoms with Crippen LogP contribution in [0, 0.1) is 0 Å². The molecule has 0 bridgehead atoms. The summed E-state index contributed by atoms with van der Waals surface area (Å²) in [6, 6.07) is 19.3. The third-order valence-electron chi connectivity index (χ3n) is 4.25. The average Bonchev–Trinajstić information content (AvgIpc) is 3.15. The minimum absolute atomic E-state index is 0.184. The average molecular weight is 388 g/mol. The third-order valence-corrected chi connectivity index (χ3v) is 4.25. The highest BCUT2D eigenvalue weighted by Gasteiger charge is 2.07. The van der Waals surface area contributed by atoms with Crippen molar-refractivity contribution in [3.8, 4) is 17.2 Å². The predicted octanol–water partition coefficient (Wildman–Crippen LogP) is 3.00. The van der Waals surface area contributed by atoms with Crippen LogP contribution in [-0.2, 0) is 0 Å². The number of rotatable bonds is 1. The molecular weight excluding hydrogens is 372 g/mol. The first-order valence-electron chi connectivity index (χ1n) is 8.67. The zero-order chi connectivity index (χ0) is 20.4. The molecule has 144 valence electrons. The number of aromatic amines is 2. The van der Waals surface area contributed by atoms with E-state index in [4.69, 9.17) is 10.2 Å². The fourth-order valence-electron chi connectivity index (χ4n) is 2.87. The highest BCUT2D eigenvalue weighted by molar-refractivity contribution is 5.91. The number of phenols is 1. The number of oxazole rings is 1. The highest BCUT2D eigenvalue weighted by atomic mass is 16.3. The predicted molar refractivity (Wildman–Crippen MR) is 111 cm³/mol. The first-order valence-corrected chi connectivity index (χ1v) is 8.67. The number of phenolic OH excluding ortho intramolecular Hbond substituents is 1. The number of H-pyrrole nitrogens is 2. The van der Waals surface area contributed by atoms with Crippen LogP contribution in [0.25, 0.3) is 33.3 Å². The summed E-state index contributed by atoms with van der Waals surface area (Å²) in [5.41, 5.74) is 7.41. The quantitative estimate of drug-likeness (QED) is 0.326. The van der Waals surface area contributed by atoms with Crippen LogP contribution in [0.1, 0.15) is 0 Å². The van der Waals surface area contributed by atoms with Crippen molar-refractivity contribution in [2.24, 2.45) is 0 Å². The molecule has 5 aromatic rings. The molecule has 0 radical (unpaired) electrons. The number of anilines is 1. The van der Waals surface area contributed by atoms with E-state index >= 15 is 0 Å². The van der Waals surface area contributed by atoms with Gasteiger partial charge >= 0.3 is 0 Å². The summed E-state index contributed by atoms with van der Waals surface area (Å²) in [6.07, 6.45) is 0. The maximum absolute atomic E-state index is 11.2. The SMILES string of the molecule is Nc1cccc2c(=O)[nH][nH]c(=O)c12.Oc1ccc2nc(-c3ccccc3)oc2c1. The molecule has 2 heterocycles. The van der Waals surface area contributed by atoms with Crippen molar-refractivity contribution in [1.29, 1.82) is 0 Å². The minimum atomic E-state index is -0.382. The molecule has 8 nitrogen and oxygen atoms in total. The maximum Gasteiger partial charge on any atom is 0.272 e. The van der Waals surface area contributed by atoms with E-state index < -0.39 is 0 Å². The molecule has 0 spiro atoms. The summed E-state index contributed by atoms with van der Waals surface area (Å²) in [5.74, 6) is 0.754. The first-order chi connectivity index (χ1) is 14.0. The molecule has 0 aliphatic rings. The van der Waals surface area contributed by atoms with Crippen molar-refractivity contribution in [2.75, 3.05) is 5.73 Å². The monoisotopic (exact) mass is 388 g/mol. The van der Waals surface area contributed by atoms with E-state index in [1.807, 2.05) is 30.3 Å². The van der Waals surface area contributed by atoms with E-state index in [9.17, 15) is 14.7 Å². The summed E-state index contributed by atoms with van der Waals surface area (Å²) in [6.45, 7) is 0. The number of hydrogen-bond acceptors (Lipinski definition) is 6. The van der Waals surface area contributed by atoms with Gasteiger partial charge in [-0.1, -0.05) is 24.3 Å². The number of aromatic nitrogens is 3. The molecule has 5 N–H and O–H groups in total. The Morgan fingerprint density at radius 2 is 1.66 bits per heavy atom. The fourth-order valence-corrected chi connectivity index (χ4v) is 2.87. The van der Waals surface area contributed by atoms with Crippen LogP contribution < -0.4 is 16.9 Å². The van der Waals surface area contributed by atoms with Gasteiger partial charge in [-0.2, -0.15) is 0 Å². The highest BCUT2D eigenvalue weighted by Crippen LogP contribution is 2.26. The van der Waals surface area contributed by atoms with Crippen molar-refractivity contribution in [2.45, 2.75) is 0 Å². The number of nitrogens with two attached hydrogens (primary N) is 1. The lowest BCUT2D eigenvalue weighted by Crippen LogP contribution is -2.19. The van der Waals surface area contributed by atoms with E-state index in [-0.39, 0.29) is 22.3 Å². The van der Waals surface area contributed by atoms with Crippen molar-refractivity contribution in [3.63, 3.8) is 0 Å². The normalized spacial score (nSPS) is 10.6. The van der Waals surface area contributed by atoms with Gasteiger partial charge in [-0.3, -0.25) is 19.8 Å². The minimum Gasteiger partial charge on any atom is -0.508 e. The lowest BCUT2D eigenvalue weighted by Gasteiger charge is -1.97. The summed E-state index contributed by atoms with van der Waals surface area (Å²) < 4.78 is 5.56. The summed E-state index contributed by atoms with van der Waals surface area (Å²) >= 11 is 0. The lowest BCUT2D eigenvalue weighted by atomic mass is 10.2. The zero-order valence-corrected chi connectivity index (χ0v) is 15.0. The van der Waals surface area contributed by atoms with Gasteiger partial charge in [-0.25, -0.2) is 4.98 Å². The molecular formula is C21H16N4O4. The van der Waals surface area contributed by atoms with E-state index in [0.717, 1.165) is 11.1 Å². The second-order valence-corrected chi connectivity index (χ2v) is 6.22. The van der Waals surface area contributed by atoms with Crippen LogP contribution in [0.5, 0.6) is 5.75 Å². The number of nitrogens with zero attached hydrogens (tertiary/aromatic N) is 1. The number of fused-ring (bicyclic) bond motifs is 2. The Balaban J connectivity index is 0.000000145. The smallest absolute Gasteiger partial charge is 0.272 e. The number of nitrogen functional groups attached to an aromatic ring is 1. The van der Waals surface area contributed by atoms with Gasteiger partial charge in [-0.15, -0.1) is 0 Å². The van der Waals surface area contributed by atoms with Gasteiger partial charge in [0.2, 0.25) is 5.89 Å². The maximum atomic E-state index is 11.2. The molecule has 29 heavy (non-hydrogen) atoms. The molecule has 0 amide bonds. The van der Waals surface area contributed by atoms with Crippen molar-refractivity contribution >= 4 is 27.6 Å². The molecule has 2 aromatic heterocycles. The van der Waals surface area contributed by atoms with Crippen LogP contribution in [-0.4, -0.2) is 20.3 Å². The molecule has 0 fully saturated rings. The fraction of sp³-hybridized carbons (Fsp3) is 0. The molecule has 0 saturated heterocycles. The van der Waals surface area contributed by atoms with Crippen LogP contribution in [0.15, 0.2) is 80.7 Å². The molecule has 0 atom stereocenters. The molecule has 0 aliphatic heterocycles. The number of nitrogens with one attached hydrogen (secondary N) is 2. The van der Waals surface area contributed by atoms with Crippen LogP contribution >= 0.6 is 0 Å². The van der Waals surface area contributed by atoms with Crippen LogP contribution in [0.4, 0.5) is 5.69 Å². The Morgan fingerprint density at radius 1 is 0.897 bits per heavy atom. The van der Waals surface area contributed by atoms with Gasteiger partial charge in [0.25, 0.3) is 11.1 Å². The second-order valence-electron chi connectivity index (χ2n) is 6.22. The van der Waals surface area contributed by atoms with Gasteiger partial charge in [0.1, 0.15) is 11.3 Å². The largest absolute Gasteiger partial charge is 0.508 e. The summed E-state index contributed by atoms with van der Waals surface area (Å²) in [7, 11) is 0. The summed E-state index contributed by atoms with van der Waals surface area (Å²) in [5, 5.41) is 14.3. The molecule has 5 rings (SSSR count). The number of aromatic hydroxyl groups is 1. The molecule has 3 aromatic carbocycles. The topological polar surface area (TPSA) is 138 Å². The van der Waals surface area contributed by atoms with E-state index in [1.165, 1.54) is 0 Å². The van der Waals surface area contributed by atoms with Crippen molar-refractivity contribution in [3.05, 3.63) is 87.4 Å². The Labute approximate surface area is 163 Å². The third kappa shape index (κ3) is 3.59. The lowest BCUT2D eigenvalue weighted by molar-refractivity contribution is 0.474. The van der Waals surface area contributed by atoms with Gasteiger partial charge < -0.3 is 15.3 Å². The standard InChI is InChI=1S/C13H9NO2.C8H7N3O2/c15-10-6-7-11-12(8-10)16-13(14-11)9-4-2-1-3-5-9;9-5-3-1-2-4-6(5)8(13)11-10-7(4)12/h1-8,15H;1-3H,9H2,(H,10,12)(H,11,13). The van der Waals surface area contributed by atoms with E-state index in [2.05, 4.69) is 15.2 Å². The number of hydrogen-bond donors (Lipinski definition) is 4. The Hall–Kier alpha value is -4.33. The van der Waals surface area contributed by atoms with Gasteiger partial charge in [0.15, 0.2) is 5.58 Å². The molecule has 8 heteroatoms. The molecule has 0 unspecified atom stereocenters.